The second-order valence-electron chi connectivity index (χ2n) is 5.22. The van der Waals surface area contributed by atoms with Crippen molar-refractivity contribution in [1.29, 1.82) is 0 Å². The summed E-state index contributed by atoms with van der Waals surface area (Å²) in [7, 11) is 0. The van der Waals surface area contributed by atoms with Crippen LogP contribution in [0.4, 0.5) is 0 Å². The quantitative estimate of drug-likeness (QED) is 0.809. The van der Waals surface area contributed by atoms with Gasteiger partial charge in [-0.15, -0.1) is 0 Å². The normalized spacial score (nSPS) is 14.2. The van der Waals surface area contributed by atoms with E-state index in [1.807, 2.05) is 32.9 Å². The van der Waals surface area contributed by atoms with Crippen molar-refractivity contribution in [1.82, 2.24) is 0 Å². The highest BCUT2D eigenvalue weighted by molar-refractivity contribution is 9.10. The average molecular weight is 318 g/mol. The zero-order valence-electron chi connectivity index (χ0n) is 9.92. The fraction of sp³-hybridized carbons (Fsp3) is 0.385. The lowest BCUT2D eigenvalue weighted by atomic mass is 9.88. The third-order valence-corrected chi connectivity index (χ3v) is 3.45. The first kappa shape index (κ1) is 12.9. The number of furan rings is 1. The van der Waals surface area contributed by atoms with Gasteiger partial charge in [0.1, 0.15) is 17.4 Å². The van der Waals surface area contributed by atoms with E-state index in [1.54, 1.807) is 6.07 Å². The standard InChI is InChI=1S/C13H14BrClO2/c1-13(2,3)12(16)10-5-7-4-8(15)6-9(14)11(7)17-10/h4-6,12,16H,1-3H3. The van der Waals surface area contributed by atoms with Crippen molar-refractivity contribution in [2.24, 2.45) is 5.41 Å². The van der Waals surface area contributed by atoms with Gasteiger partial charge in [0.25, 0.3) is 0 Å². The Morgan fingerprint density at radius 2 is 1.94 bits per heavy atom. The Morgan fingerprint density at radius 1 is 1.29 bits per heavy atom. The molecule has 92 valence electrons. The van der Waals surface area contributed by atoms with Crippen LogP contribution in [0, 0.1) is 5.41 Å². The molecule has 1 atom stereocenters. The second-order valence-corrected chi connectivity index (χ2v) is 6.51. The van der Waals surface area contributed by atoms with Crippen LogP contribution in [0.3, 0.4) is 0 Å². The number of benzene rings is 1. The summed E-state index contributed by atoms with van der Waals surface area (Å²) in [6.45, 7) is 5.90. The molecular weight excluding hydrogens is 303 g/mol. The molecule has 0 bridgehead atoms. The van der Waals surface area contributed by atoms with Crippen molar-refractivity contribution in [3.05, 3.63) is 33.5 Å². The SMILES string of the molecule is CC(C)(C)C(O)c1cc2cc(Cl)cc(Br)c2o1. The molecule has 1 heterocycles. The van der Waals surface area contributed by atoms with Gasteiger partial charge < -0.3 is 9.52 Å². The van der Waals surface area contributed by atoms with Gasteiger partial charge in [-0.1, -0.05) is 32.4 Å². The van der Waals surface area contributed by atoms with Crippen LogP contribution in [-0.4, -0.2) is 5.11 Å². The van der Waals surface area contributed by atoms with Crippen LogP contribution in [0.2, 0.25) is 5.02 Å². The van der Waals surface area contributed by atoms with E-state index >= 15 is 0 Å². The van der Waals surface area contributed by atoms with Gasteiger partial charge in [0, 0.05) is 10.4 Å². The van der Waals surface area contributed by atoms with Gasteiger partial charge in [-0.05, 0) is 39.5 Å². The molecule has 2 rings (SSSR count). The Bertz CT molecular complexity index is 554. The summed E-state index contributed by atoms with van der Waals surface area (Å²) < 4.78 is 6.49. The van der Waals surface area contributed by atoms with E-state index in [-0.39, 0.29) is 5.41 Å². The van der Waals surface area contributed by atoms with Gasteiger partial charge in [0.05, 0.1) is 4.47 Å². The average Bonchev–Trinajstić information content (AvgIpc) is 2.58. The Kier molecular flexibility index (Phi) is 3.27. The third kappa shape index (κ3) is 2.51. The molecule has 0 fully saturated rings. The molecule has 0 radical (unpaired) electrons. The Hall–Kier alpha value is -0.510. The summed E-state index contributed by atoms with van der Waals surface area (Å²) in [6.07, 6.45) is -0.638. The molecule has 4 heteroatoms. The Morgan fingerprint density at radius 3 is 2.53 bits per heavy atom. The topological polar surface area (TPSA) is 33.4 Å². The minimum absolute atomic E-state index is 0.260. The van der Waals surface area contributed by atoms with Gasteiger partial charge in [-0.2, -0.15) is 0 Å². The highest BCUT2D eigenvalue weighted by Gasteiger charge is 2.27. The largest absolute Gasteiger partial charge is 0.457 e. The van der Waals surface area contributed by atoms with Crippen LogP contribution in [-0.2, 0) is 0 Å². The van der Waals surface area contributed by atoms with Gasteiger partial charge in [-0.25, -0.2) is 0 Å². The van der Waals surface area contributed by atoms with Crippen molar-refractivity contribution < 1.29 is 9.52 Å². The molecule has 0 saturated heterocycles. The highest BCUT2D eigenvalue weighted by atomic mass is 79.9. The van der Waals surface area contributed by atoms with Crippen molar-refractivity contribution in [2.45, 2.75) is 26.9 Å². The van der Waals surface area contributed by atoms with E-state index in [4.69, 9.17) is 16.0 Å². The zero-order valence-corrected chi connectivity index (χ0v) is 12.3. The van der Waals surface area contributed by atoms with Crippen molar-refractivity contribution in [3.63, 3.8) is 0 Å². The van der Waals surface area contributed by atoms with Crippen molar-refractivity contribution in [3.8, 4) is 0 Å². The molecular formula is C13H14BrClO2. The van der Waals surface area contributed by atoms with E-state index in [0.717, 1.165) is 9.86 Å². The van der Waals surface area contributed by atoms with E-state index in [1.165, 1.54) is 0 Å². The number of halogens is 2. The Balaban J connectivity index is 2.56. The molecule has 17 heavy (non-hydrogen) atoms. The summed E-state index contributed by atoms with van der Waals surface area (Å²) >= 11 is 9.37. The molecule has 0 aliphatic heterocycles. The number of hydrogen-bond donors (Lipinski definition) is 1. The molecule has 1 N–H and O–H groups in total. The number of aliphatic hydroxyl groups is 1. The number of rotatable bonds is 1. The van der Waals surface area contributed by atoms with Crippen LogP contribution in [0.15, 0.2) is 27.1 Å². The van der Waals surface area contributed by atoms with Crippen molar-refractivity contribution >= 4 is 38.5 Å². The van der Waals surface area contributed by atoms with Gasteiger partial charge in [0.2, 0.25) is 0 Å². The molecule has 2 nitrogen and oxygen atoms in total. The molecule has 0 aliphatic rings. The first-order chi connectivity index (χ1) is 7.79. The monoisotopic (exact) mass is 316 g/mol. The first-order valence-electron chi connectivity index (χ1n) is 5.35. The molecule has 1 aromatic carbocycles. The van der Waals surface area contributed by atoms with Crippen LogP contribution < -0.4 is 0 Å². The van der Waals surface area contributed by atoms with E-state index in [2.05, 4.69) is 15.9 Å². The van der Waals surface area contributed by atoms with Crippen LogP contribution in [0.5, 0.6) is 0 Å². The van der Waals surface area contributed by atoms with Crippen LogP contribution in [0.1, 0.15) is 32.6 Å². The predicted octanol–water partition coefficient (Wildman–Crippen LogP) is 4.93. The zero-order chi connectivity index (χ0) is 12.8. The lowest BCUT2D eigenvalue weighted by Crippen LogP contribution is -2.16. The smallest absolute Gasteiger partial charge is 0.148 e. The third-order valence-electron chi connectivity index (χ3n) is 2.64. The lowest BCUT2D eigenvalue weighted by molar-refractivity contribution is 0.0448. The van der Waals surface area contributed by atoms with Gasteiger partial charge >= 0.3 is 0 Å². The highest BCUT2D eigenvalue weighted by Crippen LogP contribution is 2.38. The van der Waals surface area contributed by atoms with Crippen LogP contribution in [0.25, 0.3) is 11.0 Å². The molecule has 0 aliphatic carbocycles. The lowest BCUT2D eigenvalue weighted by Gasteiger charge is -2.23. The first-order valence-corrected chi connectivity index (χ1v) is 6.52. The summed E-state index contributed by atoms with van der Waals surface area (Å²) in [5.41, 5.74) is 0.456. The molecule has 1 unspecified atom stereocenters. The summed E-state index contributed by atoms with van der Waals surface area (Å²) in [4.78, 5) is 0. The number of fused-ring (bicyclic) bond motifs is 1. The number of aliphatic hydroxyl groups excluding tert-OH is 1. The van der Waals surface area contributed by atoms with Crippen molar-refractivity contribution in [2.75, 3.05) is 0 Å². The fourth-order valence-corrected chi connectivity index (χ4v) is 2.57. The summed E-state index contributed by atoms with van der Waals surface area (Å²) in [5, 5.41) is 11.7. The molecule has 2 aromatic rings. The maximum Gasteiger partial charge on any atom is 0.148 e. The van der Waals surface area contributed by atoms with Crippen LogP contribution >= 0.6 is 27.5 Å². The minimum Gasteiger partial charge on any atom is -0.457 e. The molecule has 0 spiro atoms. The maximum atomic E-state index is 10.2. The predicted molar refractivity (Wildman–Crippen MR) is 73.3 cm³/mol. The summed E-state index contributed by atoms with van der Waals surface area (Å²) in [6, 6.07) is 5.44. The van der Waals surface area contributed by atoms with Gasteiger partial charge in [0.15, 0.2) is 0 Å². The molecule has 0 saturated carbocycles. The minimum atomic E-state index is -0.638. The van der Waals surface area contributed by atoms with Gasteiger partial charge in [-0.3, -0.25) is 0 Å². The Labute approximate surface area is 114 Å². The van der Waals surface area contributed by atoms with E-state index < -0.39 is 6.10 Å². The fourth-order valence-electron chi connectivity index (χ4n) is 1.66. The van der Waals surface area contributed by atoms with E-state index in [9.17, 15) is 5.11 Å². The maximum absolute atomic E-state index is 10.2. The molecule has 1 aromatic heterocycles. The molecule has 0 amide bonds. The summed E-state index contributed by atoms with van der Waals surface area (Å²) in [5.74, 6) is 0.565. The number of hydrogen-bond acceptors (Lipinski definition) is 2. The second kappa shape index (κ2) is 4.30. The van der Waals surface area contributed by atoms with E-state index in [0.29, 0.717) is 16.4 Å².